The summed E-state index contributed by atoms with van der Waals surface area (Å²) in [4.78, 5) is 26.2. The molecule has 4 rings (SSSR count). The fourth-order valence-corrected chi connectivity index (χ4v) is 5.58. The third-order valence-electron chi connectivity index (χ3n) is 7.10. The Morgan fingerprint density at radius 3 is 2.62 bits per heavy atom. The highest BCUT2D eigenvalue weighted by atomic mass is 35.5. The van der Waals surface area contributed by atoms with E-state index in [2.05, 4.69) is 24.5 Å². The normalized spacial score (nSPS) is 26.9. The highest BCUT2D eigenvalue weighted by molar-refractivity contribution is 6.31. The number of carboxylic acid groups (broad SMARTS) is 1. The summed E-state index contributed by atoms with van der Waals surface area (Å²) in [6, 6.07) is 7.81. The Labute approximate surface area is 196 Å². The highest BCUT2D eigenvalue weighted by Crippen LogP contribution is 2.57. The largest absolute Gasteiger partial charge is 0.480 e. The van der Waals surface area contributed by atoms with Gasteiger partial charge in [-0.2, -0.15) is 0 Å². The maximum absolute atomic E-state index is 15.3. The Balaban J connectivity index is 2.03. The van der Waals surface area contributed by atoms with Gasteiger partial charge in [0.1, 0.15) is 17.3 Å². The second-order valence-electron chi connectivity index (χ2n) is 9.39. The number of carbonyl (C=O) groups is 2. The fraction of sp³-hybridized carbons (Fsp3) is 0.417. The Kier molecular flexibility index (Phi) is 5.76. The first-order valence-electron chi connectivity index (χ1n) is 10.6. The van der Waals surface area contributed by atoms with Gasteiger partial charge in [-0.05, 0) is 41.2 Å². The number of halogens is 3. The van der Waals surface area contributed by atoms with Crippen molar-refractivity contribution in [2.24, 2.45) is 5.41 Å². The van der Waals surface area contributed by atoms with E-state index in [0.29, 0.717) is 22.7 Å². The van der Waals surface area contributed by atoms with Gasteiger partial charge >= 0.3 is 5.97 Å². The molecule has 8 heteroatoms. The molecule has 2 aromatic carbocycles. The Morgan fingerprint density at radius 2 is 1.97 bits per heavy atom. The molecule has 3 N–H and O–H groups in total. The lowest BCUT2D eigenvalue weighted by Gasteiger charge is -2.38. The van der Waals surface area contributed by atoms with Crippen LogP contribution in [0.2, 0.25) is 10.0 Å². The van der Waals surface area contributed by atoms with Crippen LogP contribution >= 0.6 is 23.2 Å². The van der Waals surface area contributed by atoms with Crippen LogP contribution in [0.4, 0.5) is 10.1 Å². The summed E-state index contributed by atoms with van der Waals surface area (Å²) in [5.41, 5.74) is -0.301. The summed E-state index contributed by atoms with van der Waals surface area (Å²) in [6.07, 6.45) is 1.34. The number of carboxylic acids is 1. The lowest BCUT2D eigenvalue weighted by molar-refractivity contribution is -0.139. The Bertz CT molecular complexity index is 1110. The fourth-order valence-electron chi connectivity index (χ4n) is 5.22. The van der Waals surface area contributed by atoms with Crippen molar-refractivity contribution in [3.63, 3.8) is 0 Å². The number of fused-ring (bicyclic) bond motifs is 2. The molecule has 2 heterocycles. The molecule has 0 aromatic heterocycles. The van der Waals surface area contributed by atoms with Gasteiger partial charge in [-0.3, -0.25) is 14.9 Å². The molecule has 4 atom stereocenters. The van der Waals surface area contributed by atoms with Gasteiger partial charge in [0.2, 0.25) is 5.91 Å². The number of aliphatic carboxylic acids is 1. The predicted octanol–water partition coefficient (Wildman–Crippen LogP) is 5.36. The molecule has 0 radical (unpaired) electrons. The van der Waals surface area contributed by atoms with Crippen molar-refractivity contribution >= 4 is 40.8 Å². The van der Waals surface area contributed by atoms with E-state index in [9.17, 15) is 14.7 Å². The second-order valence-corrected chi connectivity index (χ2v) is 10.2. The zero-order valence-electron chi connectivity index (χ0n) is 18.0. The number of amides is 1. The Hall–Kier alpha value is -2.15. The van der Waals surface area contributed by atoms with Gasteiger partial charge in [0.05, 0.1) is 5.02 Å². The van der Waals surface area contributed by atoms with E-state index >= 15 is 4.39 Å². The average Bonchev–Trinajstić information content (AvgIpc) is 3.20. The first-order valence-corrected chi connectivity index (χ1v) is 11.3. The summed E-state index contributed by atoms with van der Waals surface area (Å²) in [5, 5.41) is 16.5. The van der Waals surface area contributed by atoms with Crippen molar-refractivity contribution in [3.8, 4) is 0 Å². The number of anilines is 1. The predicted molar refractivity (Wildman–Crippen MR) is 123 cm³/mol. The minimum atomic E-state index is -1.35. The molecular weight excluding hydrogens is 454 g/mol. The Morgan fingerprint density at radius 1 is 1.25 bits per heavy atom. The maximum Gasteiger partial charge on any atom is 0.321 e. The number of hydrogen-bond donors (Lipinski definition) is 3. The van der Waals surface area contributed by atoms with Crippen LogP contribution in [0.3, 0.4) is 0 Å². The highest BCUT2D eigenvalue weighted by Gasteiger charge is 2.66. The van der Waals surface area contributed by atoms with Crippen LogP contribution in [0.15, 0.2) is 36.4 Å². The van der Waals surface area contributed by atoms with Crippen molar-refractivity contribution in [1.29, 1.82) is 0 Å². The molecule has 2 aliphatic rings. The van der Waals surface area contributed by atoms with Crippen LogP contribution in [-0.2, 0) is 15.0 Å². The molecule has 0 saturated carbocycles. The van der Waals surface area contributed by atoms with Gasteiger partial charge in [0.25, 0.3) is 0 Å². The van der Waals surface area contributed by atoms with Crippen LogP contribution in [0.25, 0.3) is 0 Å². The van der Waals surface area contributed by atoms with Gasteiger partial charge in [0, 0.05) is 22.7 Å². The van der Waals surface area contributed by atoms with E-state index in [1.54, 1.807) is 24.3 Å². The van der Waals surface area contributed by atoms with E-state index in [0.717, 1.165) is 6.42 Å². The van der Waals surface area contributed by atoms with Crippen LogP contribution in [0.1, 0.15) is 50.7 Å². The van der Waals surface area contributed by atoms with E-state index in [1.807, 2.05) is 6.92 Å². The van der Waals surface area contributed by atoms with Crippen LogP contribution < -0.4 is 10.6 Å². The summed E-state index contributed by atoms with van der Waals surface area (Å²) >= 11 is 12.2. The standard InChI is InChI=1S/C24H25Cl2FN2O3/c1-4-23(2,3)11-17-24(14-9-8-12(25)10-16(14)28-22(24)32)18(20(29-17)21(30)31)13-6-5-7-15(26)19(13)27/h5-10,17-18,20,29H,4,11H2,1-3H3,(H,28,32)(H,30,31)/t17-,18+,20-,24+/m1/s1. The SMILES string of the molecule is CCC(C)(C)C[C@H]1N[C@@H](C(=O)O)[C@H](c2cccc(Cl)c2F)[C@@]12C(=O)Nc1cc(Cl)ccc12. The topological polar surface area (TPSA) is 78.4 Å². The van der Waals surface area contributed by atoms with Crippen LogP contribution in [0, 0.1) is 11.2 Å². The summed E-state index contributed by atoms with van der Waals surface area (Å²) in [6.45, 7) is 6.19. The molecule has 0 bridgehead atoms. The van der Waals surface area contributed by atoms with E-state index in [-0.39, 0.29) is 21.9 Å². The molecule has 2 aliphatic heterocycles. The summed E-state index contributed by atoms with van der Waals surface area (Å²) in [5.74, 6) is -3.25. The van der Waals surface area contributed by atoms with E-state index in [1.165, 1.54) is 12.1 Å². The molecule has 32 heavy (non-hydrogen) atoms. The zero-order chi connectivity index (χ0) is 23.4. The number of benzene rings is 2. The summed E-state index contributed by atoms with van der Waals surface area (Å²) in [7, 11) is 0. The molecule has 5 nitrogen and oxygen atoms in total. The minimum Gasteiger partial charge on any atom is -0.480 e. The van der Waals surface area contributed by atoms with Gasteiger partial charge < -0.3 is 10.4 Å². The first-order chi connectivity index (χ1) is 15.0. The number of rotatable bonds is 5. The maximum atomic E-state index is 15.3. The first kappa shape index (κ1) is 23.0. The average molecular weight is 479 g/mol. The quantitative estimate of drug-likeness (QED) is 0.540. The second kappa shape index (κ2) is 8.01. The van der Waals surface area contributed by atoms with Gasteiger partial charge in [0.15, 0.2) is 0 Å². The summed E-state index contributed by atoms with van der Waals surface area (Å²) < 4.78 is 15.3. The molecule has 1 saturated heterocycles. The molecule has 2 aromatic rings. The van der Waals surface area contributed by atoms with Crippen molar-refractivity contribution < 1.29 is 19.1 Å². The molecule has 170 valence electrons. The van der Waals surface area contributed by atoms with Gasteiger partial charge in [-0.15, -0.1) is 0 Å². The van der Waals surface area contributed by atoms with Crippen LogP contribution in [0.5, 0.6) is 0 Å². The lowest BCUT2D eigenvalue weighted by Crippen LogP contribution is -2.50. The van der Waals surface area contributed by atoms with Gasteiger partial charge in [-0.25, -0.2) is 4.39 Å². The van der Waals surface area contributed by atoms with Crippen molar-refractivity contribution in [1.82, 2.24) is 5.32 Å². The van der Waals surface area contributed by atoms with E-state index < -0.39 is 35.2 Å². The van der Waals surface area contributed by atoms with Crippen molar-refractivity contribution in [2.75, 3.05) is 5.32 Å². The number of nitrogens with one attached hydrogen (secondary N) is 2. The third-order valence-corrected chi connectivity index (χ3v) is 7.63. The molecular formula is C24H25Cl2FN2O3. The monoisotopic (exact) mass is 478 g/mol. The van der Waals surface area contributed by atoms with Crippen LogP contribution in [-0.4, -0.2) is 29.1 Å². The van der Waals surface area contributed by atoms with E-state index in [4.69, 9.17) is 23.2 Å². The third kappa shape index (κ3) is 3.40. The number of hydrogen-bond acceptors (Lipinski definition) is 3. The molecule has 0 unspecified atom stereocenters. The molecule has 1 spiro atoms. The minimum absolute atomic E-state index is 0.104. The van der Waals surface area contributed by atoms with Gasteiger partial charge in [-0.1, -0.05) is 68.6 Å². The lowest BCUT2D eigenvalue weighted by atomic mass is 9.62. The molecule has 1 amide bonds. The molecule has 1 fully saturated rings. The number of carbonyl (C=O) groups excluding carboxylic acids is 1. The smallest absolute Gasteiger partial charge is 0.321 e. The van der Waals surface area contributed by atoms with Crippen molar-refractivity contribution in [3.05, 3.63) is 63.4 Å². The zero-order valence-corrected chi connectivity index (χ0v) is 19.5. The van der Waals surface area contributed by atoms with Crippen molar-refractivity contribution in [2.45, 2.75) is 57.0 Å². The molecule has 0 aliphatic carbocycles.